The summed E-state index contributed by atoms with van der Waals surface area (Å²) in [7, 11) is 0. The second-order valence-electron chi connectivity index (χ2n) is 3.39. The molecule has 0 aliphatic carbocycles. The molecule has 2 N–H and O–H groups in total. The fourth-order valence-corrected chi connectivity index (χ4v) is 1.71. The Kier molecular flexibility index (Phi) is 2.94. The van der Waals surface area contributed by atoms with Crippen LogP contribution in [0.15, 0.2) is 22.7 Å². The molecule has 3 nitrogen and oxygen atoms in total. The molecule has 0 saturated carbocycles. The molecule has 0 unspecified atom stereocenters. The molecule has 0 spiro atoms. The highest BCUT2D eigenvalue weighted by molar-refractivity contribution is 6.33. The van der Waals surface area contributed by atoms with Gasteiger partial charge in [-0.15, -0.1) is 0 Å². The third-order valence-corrected chi connectivity index (χ3v) is 2.49. The van der Waals surface area contributed by atoms with Gasteiger partial charge in [0, 0.05) is 5.56 Å². The van der Waals surface area contributed by atoms with E-state index < -0.39 is 29.1 Å². The third-order valence-electron chi connectivity index (χ3n) is 2.18. The van der Waals surface area contributed by atoms with Crippen LogP contribution in [0.4, 0.5) is 23.4 Å². The maximum absolute atomic E-state index is 12.8. The van der Waals surface area contributed by atoms with Crippen LogP contribution in [0.2, 0.25) is 5.02 Å². The summed E-state index contributed by atoms with van der Waals surface area (Å²) in [5.74, 6) is -2.50. The minimum absolute atomic E-state index is 0.0934. The Morgan fingerprint density at radius 1 is 1.28 bits per heavy atom. The molecule has 0 aliphatic heterocycles. The van der Waals surface area contributed by atoms with E-state index in [1.807, 2.05) is 0 Å². The number of nitrogens with two attached hydrogens (primary N) is 1. The largest absolute Gasteiger partial charge is 0.453 e. The Morgan fingerprint density at radius 2 is 1.94 bits per heavy atom. The van der Waals surface area contributed by atoms with E-state index in [0.717, 1.165) is 18.2 Å². The summed E-state index contributed by atoms with van der Waals surface area (Å²) in [4.78, 5) is 0. The molecule has 0 radical (unpaired) electrons. The molecular weight excluding hydrogens is 276 g/mol. The summed E-state index contributed by atoms with van der Waals surface area (Å²) in [5, 5.41) is 2.84. The molecule has 0 fully saturated rings. The molecule has 1 aromatic heterocycles. The lowest BCUT2D eigenvalue weighted by molar-refractivity contribution is -0.154. The first kappa shape index (κ1) is 12.7. The fraction of sp³-hybridized carbons (Fsp3) is 0.100. The molecule has 0 saturated heterocycles. The number of benzene rings is 1. The number of halogens is 5. The molecule has 1 aromatic carbocycles. The summed E-state index contributed by atoms with van der Waals surface area (Å²) in [6.07, 6.45) is -4.77. The van der Waals surface area contributed by atoms with Crippen molar-refractivity contribution in [3.63, 3.8) is 0 Å². The van der Waals surface area contributed by atoms with Gasteiger partial charge in [0.25, 0.3) is 5.76 Å². The maximum Gasteiger partial charge on any atom is 0.453 e. The van der Waals surface area contributed by atoms with E-state index in [2.05, 4.69) is 9.68 Å². The van der Waals surface area contributed by atoms with Gasteiger partial charge in [-0.25, -0.2) is 4.39 Å². The zero-order valence-corrected chi connectivity index (χ0v) is 9.31. The standard InChI is InChI=1S/C10H5ClF4N2O/c11-6-3-4(12)1-2-5(6)7-8(10(13,14)15)18-17-9(7)16/h1-3H,(H2,16,17). The minimum Gasteiger partial charge on any atom is -0.380 e. The van der Waals surface area contributed by atoms with Crippen LogP contribution in [0.1, 0.15) is 5.76 Å². The fourth-order valence-electron chi connectivity index (χ4n) is 1.45. The average molecular weight is 281 g/mol. The molecule has 0 amide bonds. The minimum atomic E-state index is -4.77. The van der Waals surface area contributed by atoms with Crippen molar-refractivity contribution in [3.05, 3.63) is 34.8 Å². The first-order chi connectivity index (χ1) is 8.30. The lowest BCUT2D eigenvalue weighted by atomic mass is 10.1. The van der Waals surface area contributed by atoms with Crippen molar-refractivity contribution >= 4 is 17.4 Å². The summed E-state index contributed by atoms with van der Waals surface area (Å²) in [6, 6.07) is 2.92. The van der Waals surface area contributed by atoms with Gasteiger partial charge in [-0.2, -0.15) is 13.2 Å². The number of anilines is 1. The number of alkyl halides is 3. The van der Waals surface area contributed by atoms with Crippen LogP contribution in [0.25, 0.3) is 11.1 Å². The highest BCUT2D eigenvalue weighted by atomic mass is 35.5. The van der Waals surface area contributed by atoms with Crippen molar-refractivity contribution in [2.45, 2.75) is 6.18 Å². The number of hydrogen-bond donors (Lipinski definition) is 1. The SMILES string of the molecule is Nc1noc(C(F)(F)F)c1-c1ccc(F)cc1Cl. The van der Waals surface area contributed by atoms with E-state index >= 15 is 0 Å². The zero-order chi connectivity index (χ0) is 13.5. The number of nitrogens with zero attached hydrogens (tertiary/aromatic N) is 1. The smallest absolute Gasteiger partial charge is 0.380 e. The van der Waals surface area contributed by atoms with Gasteiger partial charge >= 0.3 is 6.18 Å². The number of aromatic nitrogens is 1. The second kappa shape index (κ2) is 4.16. The van der Waals surface area contributed by atoms with E-state index in [9.17, 15) is 17.6 Å². The van der Waals surface area contributed by atoms with Crippen molar-refractivity contribution < 1.29 is 22.1 Å². The van der Waals surface area contributed by atoms with Gasteiger partial charge in [0.1, 0.15) is 5.82 Å². The quantitative estimate of drug-likeness (QED) is 0.810. The van der Waals surface area contributed by atoms with E-state index in [1.165, 1.54) is 0 Å². The van der Waals surface area contributed by atoms with Crippen LogP contribution in [0.5, 0.6) is 0 Å². The summed E-state index contributed by atoms with van der Waals surface area (Å²) >= 11 is 5.68. The summed E-state index contributed by atoms with van der Waals surface area (Å²) in [6.45, 7) is 0. The van der Waals surface area contributed by atoms with Gasteiger partial charge in [-0.05, 0) is 18.2 Å². The molecule has 8 heteroatoms. The Labute approximate surface area is 103 Å². The Balaban J connectivity index is 2.67. The first-order valence-electron chi connectivity index (χ1n) is 4.58. The molecule has 1 heterocycles. The van der Waals surface area contributed by atoms with Gasteiger partial charge in [0.2, 0.25) is 0 Å². The van der Waals surface area contributed by atoms with Gasteiger partial charge < -0.3 is 10.3 Å². The third kappa shape index (κ3) is 2.13. The summed E-state index contributed by atoms with van der Waals surface area (Å²) < 4.78 is 54.9. The average Bonchev–Trinajstić information content (AvgIpc) is 2.60. The first-order valence-corrected chi connectivity index (χ1v) is 4.96. The maximum atomic E-state index is 12.8. The van der Waals surface area contributed by atoms with Crippen LogP contribution < -0.4 is 5.73 Å². The van der Waals surface area contributed by atoms with Crippen LogP contribution in [-0.4, -0.2) is 5.16 Å². The van der Waals surface area contributed by atoms with Crippen molar-refractivity contribution in [2.24, 2.45) is 0 Å². The van der Waals surface area contributed by atoms with Crippen molar-refractivity contribution in [3.8, 4) is 11.1 Å². The second-order valence-corrected chi connectivity index (χ2v) is 3.80. The van der Waals surface area contributed by atoms with Gasteiger partial charge in [-0.3, -0.25) is 0 Å². The van der Waals surface area contributed by atoms with Gasteiger partial charge in [-0.1, -0.05) is 16.8 Å². The van der Waals surface area contributed by atoms with Gasteiger partial charge in [0.15, 0.2) is 5.82 Å². The van der Waals surface area contributed by atoms with Crippen molar-refractivity contribution in [1.82, 2.24) is 5.16 Å². The molecule has 0 atom stereocenters. The number of nitrogen functional groups attached to an aromatic ring is 1. The molecule has 96 valence electrons. The molecule has 2 aromatic rings. The van der Waals surface area contributed by atoms with Crippen LogP contribution in [-0.2, 0) is 6.18 Å². The molecular formula is C10H5ClF4N2O. The van der Waals surface area contributed by atoms with Crippen LogP contribution in [0, 0.1) is 5.82 Å². The number of rotatable bonds is 1. The van der Waals surface area contributed by atoms with Gasteiger partial charge in [0.05, 0.1) is 10.6 Å². The molecule has 0 aliphatic rings. The molecule has 0 bridgehead atoms. The Morgan fingerprint density at radius 3 is 2.50 bits per heavy atom. The Bertz CT molecular complexity index is 594. The predicted molar refractivity (Wildman–Crippen MR) is 56.3 cm³/mol. The highest BCUT2D eigenvalue weighted by Gasteiger charge is 2.41. The highest BCUT2D eigenvalue weighted by Crippen LogP contribution is 2.42. The van der Waals surface area contributed by atoms with E-state index in [1.54, 1.807) is 0 Å². The zero-order valence-electron chi connectivity index (χ0n) is 8.55. The van der Waals surface area contributed by atoms with Crippen molar-refractivity contribution in [2.75, 3.05) is 5.73 Å². The lowest BCUT2D eigenvalue weighted by Gasteiger charge is -2.07. The van der Waals surface area contributed by atoms with Crippen LogP contribution in [0.3, 0.4) is 0 Å². The topological polar surface area (TPSA) is 52.0 Å². The van der Waals surface area contributed by atoms with E-state index in [4.69, 9.17) is 17.3 Å². The predicted octanol–water partition coefficient (Wildman–Crippen LogP) is 3.74. The molecule has 2 rings (SSSR count). The Hall–Kier alpha value is -1.76. The van der Waals surface area contributed by atoms with E-state index in [-0.39, 0.29) is 10.6 Å². The van der Waals surface area contributed by atoms with E-state index in [0.29, 0.717) is 0 Å². The lowest BCUT2D eigenvalue weighted by Crippen LogP contribution is -2.05. The van der Waals surface area contributed by atoms with Crippen LogP contribution >= 0.6 is 11.6 Å². The molecule has 18 heavy (non-hydrogen) atoms. The normalized spacial score (nSPS) is 11.8. The number of hydrogen-bond acceptors (Lipinski definition) is 3. The summed E-state index contributed by atoms with van der Waals surface area (Å²) in [5.41, 5.74) is 4.73. The monoisotopic (exact) mass is 280 g/mol. The van der Waals surface area contributed by atoms with Crippen molar-refractivity contribution in [1.29, 1.82) is 0 Å².